The Balaban J connectivity index is 3.66. The van der Waals surface area contributed by atoms with Crippen LogP contribution in [-0.4, -0.2) is 29.3 Å². The van der Waals surface area contributed by atoms with Crippen LogP contribution in [0.3, 0.4) is 0 Å². The number of hydrogen-bond donors (Lipinski definition) is 0. The van der Waals surface area contributed by atoms with Gasteiger partial charge in [0.25, 0.3) is 0 Å². The third-order valence-electron chi connectivity index (χ3n) is 3.01. The predicted octanol–water partition coefficient (Wildman–Crippen LogP) is 4.32. The molecule has 0 saturated carbocycles. The molecule has 0 aliphatic carbocycles. The first-order valence-electron chi connectivity index (χ1n) is 8.19. The Hall–Kier alpha value is 0.0969. The molecule has 0 N–H and O–H groups in total. The molecule has 116 valence electrons. The molecule has 0 spiro atoms. The fraction of sp³-hybridized carbons (Fsp3) is 1.00. The van der Waals surface area contributed by atoms with Gasteiger partial charge in [0.05, 0.1) is 0 Å². The van der Waals surface area contributed by atoms with E-state index in [-0.39, 0.29) is 0 Å². The lowest BCUT2D eigenvalue weighted by atomic mass is 10.3. The van der Waals surface area contributed by atoms with E-state index in [0.717, 1.165) is 39.1 Å². The quantitative estimate of drug-likeness (QED) is 0.332. The Morgan fingerprint density at radius 3 is 1.11 bits per heavy atom. The summed E-state index contributed by atoms with van der Waals surface area (Å²) < 4.78 is 17.4. The summed E-state index contributed by atoms with van der Waals surface area (Å²) in [6.07, 6.45) is 10.7. The molecule has 0 aliphatic rings. The van der Waals surface area contributed by atoms with Crippen LogP contribution in [0.1, 0.15) is 78.6 Å². The molecule has 0 heterocycles. The summed E-state index contributed by atoms with van der Waals surface area (Å²) >= 11 is 0. The second kappa shape index (κ2) is 16.2. The van der Waals surface area contributed by atoms with Gasteiger partial charge in [-0.3, -0.25) is 0 Å². The molecular weight excluding hydrogens is 256 g/mol. The van der Waals surface area contributed by atoms with Crippen LogP contribution in [0.25, 0.3) is 0 Å². The summed E-state index contributed by atoms with van der Waals surface area (Å²) in [5.74, 6) is 0. The summed E-state index contributed by atoms with van der Waals surface area (Å²) in [5.41, 5.74) is 0. The van der Waals surface area contributed by atoms with Crippen molar-refractivity contribution in [2.24, 2.45) is 0 Å². The van der Waals surface area contributed by atoms with Crippen molar-refractivity contribution in [1.82, 2.24) is 0 Å². The van der Waals surface area contributed by atoms with E-state index in [1.807, 2.05) is 0 Å². The molecule has 4 heteroatoms. The van der Waals surface area contributed by atoms with Gasteiger partial charge < -0.3 is 13.3 Å². The topological polar surface area (TPSA) is 27.7 Å². The van der Waals surface area contributed by atoms with E-state index in [9.17, 15) is 0 Å². The number of rotatable bonds is 15. The monoisotopic (exact) mass is 290 g/mol. The largest absolute Gasteiger partial charge is 0.484 e. The molecule has 0 atom stereocenters. The van der Waals surface area contributed by atoms with Gasteiger partial charge in [0.1, 0.15) is 0 Å². The van der Waals surface area contributed by atoms with E-state index in [0.29, 0.717) is 0 Å². The van der Waals surface area contributed by atoms with E-state index in [1.54, 1.807) is 0 Å². The second-order valence-corrected chi connectivity index (χ2v) is 6.60. The molecule has 0 aromatic carbocycles. The molecule has 0 aromatic heterocycles. The zero-order valence-electron chi connectivity index (χ0n) is 13.3. The van der Waals surface area contributed by atoms with Gasteiger partial charge in [0.15, 0.2) is 0 Å². The minimum absolute atomic E-state index is 0.798. The van der Waals surface area contributed by atoms with Gasteiger partial charge in [0, 0.05) is 19.8 Å². The highest BCUT2D eigenvalue weighted by Crippen LogP contribution is 2.03. The summed E-state index contributed by atoms with van der Waals surface area (Å²) in [4.78, 5) is 0. The molecule has 0 aliphatic heterocycles. The molecule has 0 amide bonds. The van der Waals surface area contributed by atoms with E-state index in [2.05, 4.69) is 20.8 Å². The van der Waals surface area contributed by atoms with Crippen molar-refractivity contribution in [1.29, 1.82) is 0 Å². The van der Waals surface area contributed by atoms with Crippen molar-refractivity contribution in [3.8, 4) is 0 Å². The highest BCUT2D eigenvalue weighted by Gasteiger charge is 2.14. The molecule has 0 radical (unpaired) electrons. The normalized spacial score (nSPS) is 11.4. The standard InChI is InChI=1S/C15H34O3Si/c1-4-7-10-13-16-19(17-14-11-8-5-2)18-15-12-9-6-3/h19H,4-15H2,1-3H3. The molecule has 0 rings (SSSR count). The van der Waals surface area contributed by atoms with Gasteiger partial charge in [0.2, 0.25) is 0 Å². The van der Waals surface area contributed by atoms with E-state index in [4.69, 9.17) is 13.3 Å². The summed E-state index contributed by atoms with van der Waals surface area (Å²) in [6, 6.07) is 0. The maximum absolute atomic E-state index is 5.80. The molecule has 3 nitrogen and oxygen atoms in total. The summed E-state index contributed by atoms with van der Waals surface area (Å²) in [7, 11) is -1.86. The van der Waals surface area contributed by atoms with Crippen LogP contribution in [0.2, 0.25) is 0 Å². The van der Waals surface area contributed by atoms with E-state index in [1.165, 1.54) is 38.5 Å². The van der Waals surface area contributed by atoms with Crippen molar-refractivity contribution >= 4 is 9.53 Å². The van der Waals surface area contributed by atoms with Gasteiger partial charge in [-0.2, -0.15) is 0 Å². The van der Waals surface area contributed by atoms with Gasteiger partial charge in [-0.15, -0.1) is 0 Å². The number of hydrogen-bond acceptors (Lipinski definition) is 3. The van der Waals surface area contributed by atoms with Crippen molar-refractivity contribution < 1.29 is 13.3 Å². The fourth-order valence-corrected chi connectivity index (χ4v) is 3.11. The third kappa shape index (κ3) is 14.3. The average molecular weight is 291 g/mol. The lowest BCUT2D eigenvalue weighted by Crippen LogP contribution is -2.28. The van der Waals surface area contributed by atoms with Crippen LogP contribution in [-0.2, 0) is 13.3 Å². The van der Waals surface area contributed by atoms with Gasteiger partial charge >= 0.3 is 9.53 Å². The van der Waals surface area contributed by atoms with Gasteiger partial charge in [-0.1, -0.05) is 59.3 Å². The smallest absolute Gasteiger partial charge is 0.376 e. The van der Waals surface area contributed by atoms with Crippen LogP contribution in [0.15, 0.2) is 0 Å². The minimum Gasteiger partial charge on any atom is -0.376 e. The number of unbranched alkanes of at least 4 members (excludes halogenated alkanes) is 6. The maximum Gasteiger partial charge on any atom is 0.484 e. The lowest BCUT2D eigenvalue weighted by Gasteiger charge is -2.16. The second-order valence-electron chi connectivity index (χ2n) is 5.02. The van der Waals surface area contributed by atoms with Crippen LogP contribution in [0, 0.1) is 0 Å². The van der Waals surface area contributed by atoms with Crippen molar-refractivity contribution in [3.63, 3.8) is 0 Å². The Morgan fingerprint density at radius 1 is 0.526 bits per heavy atom. The lowest BCUT2D eigenvalue weighted by molar-refractivity contribution is 0.0889. The molecular formula is C15H34O3Si. The van der Waals surface area contributed by atoms with E-state index >= 15 is 0 Å². The van der Waals surface area contributed by atoms with Crippen LogP contribution < -0.4 is 0 Å². The first kappa shape index (κ1) is 19.1. The van der Waals surface area contributed by atoms with Crippen LogP contribution >= 0.6 is 0 Å². The summed E-state index contributed by atoms with van der Waals surface area (Å²) in [6.45, 7) is 9.01. The Bertz CT molecular complexity index is 139. The minimum atomic E-state index is -1.86. The molecule has 0 bridgehead atoms. The molecule has 19 heavy (non-hydrogen) atoms. The molecule has 0 unspecified atom stereocenters. The van der Waals surface area contributed by atoms with Crippen LogP contribution in [0.4, 0.5) is 0 Å². The SMILES string of the molecule is CCCCCO[SiH](OCCCCC)OCCCCC. The zero-order chi connectivity index (χ0) is 14.2. The molecule has 0 saturated heterocycles. The van der Waals surface area contributed by atoms with E-state index < -0.39 is 9.53 Å². The van der Waals surface area contributed by atoms with Gasteiger partial charge in [-0.25, -0.2) is 0 Å². The molecule has 0 fully saturated rings. The Kier molecular flexibility index (Phi) is 16.2. The Morgan fingerprint density at radius 2 is 0.842 bits per heavy atom. The third-order valence-corrected chi connectivity index (χ3v) is 4.53. The van der Waals surface area contributed by atoms with Crippen LogP contribution in [0.5, 0.6) is 0 Å². The van der Waals surface area contributed by atoms with Crippen molar-refractivity contribution in [2.75, 3.05) is 19.8 Å². The maximum atomic E-state index is 5.80. The van der Waals surface area contributed by atoms with Gasteiger partial charge in [-0.05, 0) is 19.3 Å². The average Bonchev–Trinajstić information content (AvgIpc) is 2.43. The first-order valence-corrected chi connectivity index (χ1v) is 9.61. The van der Waals surface area contributed by atoms with Crippen molar-refractivity contribution in [3.05, 3.63) is 0 Å². The highest BCUT2D eigenvalue weighted by molar-refractivity contribution is 6.36. The van der Waals surface area contributed by atoms with Crippen molar-refractivity contribution in [2.45, 2.75) is 78.6 Å². The summed E-state index contributed by atoms with van der Waals surface area (Å²) in [5, 5.41) is 0. The zero-order valence-corrected chi connectivity index (χ0v) is 14.4. The predicted molar refractivity (Wildman–Crippen MR) is 83.6 cm³/mol. The fourth-order valence-electron chi connectivity index (χ4n) is 1.74. The molecule has 0 aromatic rings. The first-order chi connectivity index (χ1) is 9.35. The Labute approximate surface area is 122 Å². The highest BCUT2D eigenvalue weighted by atomic mass is 28.3.